The van der Waals surface area contributed by atoms with Gasteiger partial charge in [0.1, 0.15) is 84.3 Å². The highest BCUT2D eigenvalue weighted by atomic mass is 32.2. The number of hydrogen-bond acceptors (Lipinski definition) is 24. The van der Waals surface area contributed by atoms with Gasteiger partial charge in [-0.2, -0.15) is 0 Å². The summed E-state index contributed by atoms with van der Waals surface area (Å²) in [6, 6.07) is 14.9. The van der Waals surface area contributed by atoms with Crippen LogP contribution in [-0.2, 0) is 125 Å². The Morgan fingerprint density at radius 2 is 0.877 bits per heavy atom. The number of carbonyl (C=O) groups excluding carboxylic acids is 18. The Morgan fingerprint density at radius 3 is 1.41 bits per heavy atom. The van der Waals surface area contributed by atoms with Gasteiger partial charge in [-0.25, -0.2) is 0 Å². The normalized spacial score (nSPS) is 22.6. The van der Waals surface area contributed by atoms with E-state index >= 15 is 38.4 Å². The molecular formula is C92H127N25O20S. The number of amides is 18. The van der Waals surface area contributed by atoms with Crippen LogP contribution < -0.4 is 104 Å². The zero-order chi connectivity index (χ0) is 101. The van der Waals surface area contributed by atoms with Gasteiger partial charge in [0.15, 0.2) is 11.9 Å². The van der Waals surface area contributed by atoms with Crippen LogP contribution in [0, 0.1) is 16.7 Å². The third-order valence-electron chi connectivity index (χ3n) is 22.8. The number of aromatic hydroxyl groups is 1. The molecule has 13 atom stereocenters. The van der Waals surface area contributed by atoms with Gasteiger partial charge in [-0.15, -0.1) is 11.8 Å². The van der Waals surface area contributed by atoms with Gasteiger partial charge in [0.25, 0.3) is 0 Å². The molecule has 2 aliphatic rings. The van der Waals surface area contributed by atoms with E-state index in [-0.39, 0.29) is 96.1 Å². The quantitative estimate of drug-likeness (QED) is 0.0120. The van der Waals surface area contributed by atoms with E-state index in [0.717, 1.165) is 38.4 Å². The van der Waals surface area contributed by atoms with E-state index in [1.807, 2.05) is 0 Å². The molecule has 46 heteroatoms. The van der Waals surface area contributed by atoms with E-state index in [2.05, 4.69) is 69.1 Å². The maximum Gasteiger partial charge on any atom is 0.246 e. The summed E-state index contributed by atoms with van der Waals surface area (Å²) >= 11 is 0.748. The summed E-state index contributed by atoms with van der Waals surface area (Å²) in [5, 5.41) is 70.4. The van der Waals surface area contributed by atoms with Crippen molar-refractivity contribution in [3.05, 3.63) is 173 Å². The summed E-state index contributed by atoms with van der Waals surface area (Å²) in [4.78, 5) is 267. The largest absolute Gasteiger partial charge is 0.508 e. The second kappa shape index (κ2) is 55.3. The van der Waals surface area contributed by atoms with E-state index in [1.165, 1.54) is 52.2 Å². The average Bonchev–Trinajstić information content (AvgIpc) is 0.782. The number of nitrogens with one attached hydrogen (secondary N) is 15. The van der Waals surface area contributed by atoms with Crippen LogP contribution in [0.3, 0.4) is 0 Å². The van der Waals surface area contributed by atoms with Gasteiger partial charge in [-0.05, 0) is 103 Å². The Balaban J connectivity index is 1.34. The molecule has 7 rings (SSSR count). The Bertz CT molecular complexity index is 5110. The van der Waals surface area contributed by atoms with Crippen molar-refractivity contribution in [2.45, 2.75) is 189 Å². The fraction of sp³-hybridized carbons (Fsp3) is 0.457. The van der Waals surface area contributed by atoms with Crippen LogP contribution in [-0.4, -0.2) is 299 Å². The molecule has 746 valence electrons. The van der Waals surface area contributed by atoms with Gasteiger partial charge in [-0.3, -0.25) is 97.1 Å². The number of aliphatic hydroxyl groups excluding tert-OH is 1. The summed E-state index contributed by atoms with van der Waals surface area (Å²) in [5.74, 6) is -21.7. The Kier molecular flexibility index (Phi) is 44.1. The maximum atomic E-state index is 15.7. The molecule has 0 bridgehead atoms. The lowest BCUT2D eigenvalue weighted by Gasteiger charge is -2.39. The molecule has 0 aromatic heterocycles. The van der Waals surface area contributed by atoms with Crippen LogP contribution in [0.1, 0.15) is 105 Å². The van der Waals surface area contributed by atoms with Gasteiger partial charge >= 0.3 is 0 Å². The van der Waals surface area contributed by atoms with Crippen molar-refractivity contribution < 1.29 is 96.5 Å². The van der Waals surface area contributed by atoms with Crippen LogP contribution in [0.5, 0.6) is 5.75 Å². The maximum absolute atomic E-state index is 15.7. The van der Waals surface area contributed by atoms with Crippen molar-refractivity contribution in [3.8, 4) is 5.75 Å². The van der Waals surface area contributed by atoms with E-state index < -0.39 is 253 Å². The highest BCUT2D eigenvalue weighted by Gasteiger charge is 2.44. The number of rotatable bonds is 29. The first kappa shape index (κ1) is 110. The second-order valence-electron chi connectivity index (χ2n) is 33.9. The molecule has 5 aromatic carbocycles. The number of carbonyl (C=O) groups is 18. The van der Waals surface area contributed by atoms with Gasteiger partial charge in [0, 0.05) is 78.6 Å². The van der Waals surface area contributed by atoms with Crippen molar-refractivity contribution in [2.24, 2.45) is 40.3 Å². The molecule has 18 amide bonds. The number of primary amides is 3. The highest BCUT2D eigenvalue weighted by molar-refractivity contribution is 8.00. The number of phenolic OH excluding ortho intramolecular Hbond substituents is 1. The third-order valence-corrected chi connectivity index (χ3v) is 23.8. The van der Waals surface area contributed by atoms with Crippen LogP contribution in [0.4, 0.5) is 0 Å². The van der Waals surface area contributed by atoms with Crippen LogP contribution in [0.25, 0.3) is 0 Å². The zero-order valence-corrected chi connectivity index (χ0v) is 78.3. The molecule has 0 saturated carbocycles. The van der Waals surface area contributed by atoms with E-state index in [0.29, 0.717) is 39.8 Å². The number of fused-ring (bicyclic) bond motifs is 2. The van der Waals surface area contributed by atoms with Crippen LogP contribution in [0.15, 0.2) is 140 Å². The monoisotopic (exact) mass is 1930 g/mol. The predicted octanol–water partition coefficient (Wildman–Crippen LogP) is -6.02. The summed E-state index contributed by atoms with van der Waals surface area (Å²) in [6.07, 6.45) is -3.43. The highest BCUT2D eigenvalue weighted by Crippen LogP contribution is 2.27. The number of guanidine groups is 2. The Morgan fingerprint density at radius 1 is 0.435 bits per heavy atom. The smallest absolute Gasteiger partial charge is 0.246 e. The number of likely N-dealkylation sites (N-methyl/N-ethyl adjacent to an activating group) is 3. The number of nitrogens with two attached hydrogens (primary N) is 6. The topological polar surface area (TPSA) is 721 Å². The Hall–Kier alpha value is -14.8. The predicted molar refractivity (Wildman–Crippen MR) is 507 cm³/mol. The molecule has 45 nitrogen and oxygen atoms in total. The van der Waals surface area contributed by atoms with Crippen molar-refractivity contribution >= 4 is 130 Å². The van der Waals surface area contributed by atoms with Crippen molar-refractivity contribution in [2.75, 3.05) is 72.0 Å². The lowest BCUT2D eigenvalue weighted by molar-refractivity contribution is -0.147. The first-order valence-corrected chi connectivity index (χ1v) is 46.0. The molecule has 138 heavy (non-hydrogen) atoms. The minimum Gasteiger partial charge on any atom is -0.508 e. The standard InChI is InChI=1S/C92H127N25O20S/c1-52(2)77-86(133)108-64(44-72(94)120)81(128)109-65(40-56-32-34-59(119)35-33-56)87(134)114(3)48-75(123)104-60(30-19-37-101-91(97)98)79(126)107-62(29-17-18-36-93)90(137)117-47-58-28-16-15-27-57(58)43-71(117)85(132)110-66(45-73(95)121)89(136)116(5)70(42-55-25-13-8-14-26-55)84(131)112-68(78(125)103-46-74(96)122)50-138-51-76(124)105-63(39-53-21-9-6-10-22-53)80(127)106-61(31-20-38-102-92(99)100)88(135)115(4)69(41-54-23-11-7-12-24-54)83(130)111-67(49-118)82(129)113-77/h6-16,21-28,32-35,52,60-71,77,118-119H,17-20,29-31,36-51,93H2,1-5H3,(H2,94,120)(H2,95,121)(H2,96,122)(H,103,125)(H,104,123)(H,105,124)(H,106,127)(H,107,126)(H,108,133)(H,109,128)(H,110,132)(H,111,130)(H,112,131)(H,113,129)(H4,97,98,101)(H4,99,100,102)/t60-,61-,62-,63-,64-,65-,66-,67-,68-,69-,70-,71-,77-/m0/s1. The van der Waals surface area contributed by atoms with Gasteiger partial charge in [-0.1, -0.05) is 141 Å². The molecule has 1 fully saturated rings. The van der Waals surface area contributed by atoms with Crippen LogP contribution in [0.2, 0.25) is 0 Å². The number of phenols is 1. The molecule has 0 radical (unpaired) electrons. The van der Waals surface area contributed by atoms with Gasteiger partial charge < -0.3 is 133 Å². The van der Waals surface area contributed by atoms with Crippen molar-refractivity contribution in [3.63, 3.8) is 0 Å². The molecule has 0 spiro atoms. The molecule has 0 unspecified atom stereocenters. The summed E-state index contributed by atoms with van der Waals surface area (Å²) < 4.78 is 0. The van der Waals surface area contributed by atoms with E-state index in [4.69, 9.17) is 45.2 Å². The zero-order valence-electron chi connectivity index (χ0n) is 77.5. The van der Waals surface area contributed by atoms with E-state index in [9.17, 15) is 58.2 Å². The number of hydrogen-bond donors (Lipinski definition) is 23. The third kappa shape index (κ3) is 35.5. The summed E-state index contributed by atoms with van der Waals surface area (Å²) in [5.41, 5.74) is 37.0. The first-order valence-electron chi connectivity index (χ1n) is 44.9. The molecule has 2 aliphatic heterocycles. The number of aliphatic hydroxyl groups is 1. The molecule has 29 N–H and O–H groups in total. The summed E-state index contributed by atoms with van der Waals surface area (Å²) in [7, 11) is 3.56. The molecule has 0 aliphatic carbocycles. The Labute approximate surface area is 801 Å². The van der Waals surface area contributed by atoms with Gasteiger partial charge in [0.05, 0.1) is 38.3 Å². The fourth-order valence-corrected chi connectivity index (χ4v) is 16.3. The minimum absolute atomic E-state index is 0.0123. The van der Waals surface area contributed by atoms with Crippen molar-refractivity contribution in [1.29, 1.82) is 10.8 Å². The fourth-order valence-electron chi connectivity index (χ4n) is 15.4. The lowest BCUT2D eigenvalue weighted by Crippen LogP contribution is -2.62. The van der Waals surface area contributed by atoms with Crippen LogP contribution >= 0.6 is 11.8 Å². The summed E-state index contributed by atoms with van der Waals surface area (Å²) in [6.45, 7) is -0.0850. The molecule has 5 aromatic rings. The second-order valence-corrected chi connectivity index (χ2v) is 34.9. The number of benzene rings is 5. The molecule has 1 saturated heterocycles. The minimum atomic E-state index is -1.94. The molecule has 2 heterocycles. The number of unbranched alkanes of at least 4 members (excludes halogenated alkanes) is 1. The number of thioether (sulfide) groups is 1. The first-order chi connectivity index (χ1) is 65.6. The van der Waals surface area contributed by atoms with Crippen molar-refractivity contribution in [1.82, 2.24) is 88.7 Å². The SMILES string of the molecule is CC(C)[C@@H]1NC(=O)[C@H](CO)NC(=O)[C@H](Cc2ccccc2)N(C)C(=O)[C@H](CCCNC(=N)N)NC(=O)[C@H](Cc2ccccc2)NC(=O)CSC[C@@H](C(=O)NCC(N)=O)NC(=O)[C@H](Cc2ccccc2)N(C)C(=O)[C@H](CC(N)=O)NC(=O)[C@@H]2Cc3ccccc3CN2C(=O)[C@H](CCCCN)NC(=O)[C@H](CCCNC(=N)N)NC(=O)CN(C)C(=O)[C@H](Cc2ccc(O)cc2)NC(=O)[C@H](CC(N)=O)NC1=O. The average molecular weight is 1940 g/mol. The van der Waals surface area contributed by atoms with Gasteiger partial charge in [0.2, 0.25) is 106 Å². The molecular weight excluding hydrogens is 1810 g/mol. The van der Waals surface area contributed by atoms with E-state index in [1.54, 1.807) is 115 Å². The lowest BCUT2D eigenvalue weighted by atomic mass is 9.92. The number of nitrogens with zero attached hydrogens (tertiary/aromatic N) is 4.